The summed E-state index contributed by atoms with van der Waals surface area (Å²) in [5.41, 5.74) is -0.453. The molecule has 1 unspecified atom stereocenters. The second kappa shape index (κ2) is 9.75. The van der Waals surface area contributed by atoms with E-state index in [1.165, 1.54) is 0 Å². The fourth-order valence-electron chi connectivity index (χ4n) is 3.32. The molecule has 1 fully saturated rings. The fraction of sp³-hybridized carbons (Fsp3) is 0.789. The van der Waals surface area contributed by atoms with Gasteiger partial charge in [0.25, 0.3) is 0 Å². The number of piperidine rings is 1. The number of carbonyl (C=O) groups excluding carboxylic acids is 1. The highest BCUT2D eigenvalue weighted by Crippen LogP contribution is 2.21. The van der Waals surface area contributed by atoms with Crippen molar-refractivity contribution in [1.29, 1.82) is 0 Å². The first-order valence-electron chi connectivity index (χ1n) is 9.92. The van der Waals surface area contributed by atoms with E-state index in [2.05, 4.69) is 20.4 Å². The minimum absolute atomic E-state index is 0.204. The van der Waals surface area contributed by atoms with E-state index in [9.17, 15) is 4.79 Å². The molecule has 0 aliphatic carbocycles. The van der Waals surface area contributed by atoms with Gasteiger partial charge in [0.2, 0.25) is 0 Å². The van der Waals surface area contributed by atoms with Gasteiger partial charge in [0.1, 0.15) is 17.8 Å². The summed E-state index contributed by atoms with van der Waals surface area (Å²) in [6, 6.07) is 0. The van der Waals surface area contributed by atoms with Crippen molar-refractivity contribution < 1.29 is 9.53 Å². The smallest absolute Gasteiger partial charge is 0.410 e. The summed E-state index contributed by atoms with van der Waals surface area (Å²) in [6.45, 7) is 8.68. The van der Waals surface area contributed by atoms with Gasteiger partial charge < -0.3 is 19.9 Å². The van der Waals surface area contributed by atoms with Crippen LogP contribution < -0.4 is 5.32 Å². The molecule has 1 aromatic rings. The molecular weight excluding hydrogens is 358 g/mol. The normalized spacial score (nSPS) is 18.1. The molecule has 0 radical (unpaired) electrons. The zero-order valence-corrected chi connectivity index (χ0v) is 18.1. The van der Waals surface area contributed by atoms with E-state index in [0.717, 1.165) is 50.7 Å². The third-order valence-corrected chi connectivity index (χ3v) is 4.76. The predicted octanol–water partition coefficient (Wildman–Crippen LogP) is 1.86. The molecule has 158 valence electrons. The van der Waals surface area contributed by atoms with E-state index >= 15 is 0 Å². The highest BCUT2D eigenvalue weighted by Gasteiger charge is 2.27. The molecule has 1 N–H and O–H groups in total. The van der Waals surface area contributed by atoms with Gasteiger partial charge in [-0.3, -0.25) is 9.67 Å². The van der Waals surface area contributed by atoms with Gasteiger partial charge in [0.05, 0.1) is 6.54 Å². The number of hydrogen-bond acceptors (Lipinski definition) is 5. The maximum absolute atomic E-state index is 12.3. The number of guanidine groups is 1. The maximum Gasteiger partial charge on any atom is 0.410 e. The van der Waals surface area contributed by atoms with E-state index in [4.69, 9.17) is 4.74 Å². The van der Waals surface area contributed by atoms with Crippen molar-refractivity contribution in [2.45, 2.75) is 52.2 Å². The van der Waals surface area contributed by atoms with Crippen LogP contribution in [0.4, 0.5) is 4.79 Å². The van der Waals surface area contributed by atoms with Crippen LogP contribution in [0.1, 0.15) is 45.9 Å². The van der Waals surface area contributed by atoms with Crippen LogP contribution in [0.3, 0.4) is 0 Å². The minimum atomic E-state index is -0.453. The molecule has 1 amide bonds. The standard InChI is InChI=1S/C19H35N7O2/c1-19(2,3)28-18(27)26-11-7-8-15(12-26)9-10-21-17(20-4)24(5)13-16-22-14-23-25(16)6/h14-15H,7-13H2,1-6H3,(H,20,21). The molecule has 0 bridgehead atoms. The minimum Gasteiger partial charge on any atom is -0.444 e. The summed E-state index contributed by atoms with van der Waals surface area (Å²) in [5, 5.41) is 7.51. The number of carbonyl (C=O) groups is 1. The lowest BCUT2D eigenvalue weighted by Crippen LogP contribution is -2.44. The molecule has 1 atom stereocenters. The number of ether oxygens (including phenoxy) is 1. The third-order valence-electron chi connectivity index (χ3n) is 4.76. The largest absolute Gasteiger partial charge is 0.444 e. The van der Waals surface area contributed by atoms with Gasteiger partial charge in [-0.15, -0.1) is 0 Å². The molecule has 9 heteroatoms. The number of aryl methyl sites for hydroxylation is 1. The Kier molecular flexibility index (Phi) is 7.65. The first-order valence-corrected chi connectivity index (χ1v) is 9.92. The van der Waals surface area contributed by atoms with Crippen molar-refractivity contribution in [1.82, 2.24) is 29.9 Å². The van der Waals surface area contributed by atoms with Crippen molar-refractivity contribution in [2.24, 2.45) is 18.0 Å². The number of likely N-dealkylation sites (tertiary alicyclic amines) is 1. The van der Waals surface area contributed by atoms with Gasteiger partial charge in [-0.05, 0) is 46.0 Å². The number of rotatable bonds is 5. The summed E-state index contributed by atoms with van der Waals surface area (Å²) < 4.78 is 7.27. The van der Waals surface area contributed by atoms with Crippen LogP contribution in [-0.2, 0) is 18.3 Å². The molecule has 0 spiro atoms. The number of nitrogens with one attached hydrogen (secondary N) is 1. The molecular formula is C19H35N7O2. The van der Waals surface area contributed by atoms with Crippen molar-refractivity contribution in [3.8, 4) is 0 Å². The Bertz CT molecular complexity index is 665. The second-order valence-electron chi connectivity index (χ2n) is 8.35. The van der Waals surface area contributed by atoms with Gasteiger partial charge in [-0.1, -0.05) is 0 Å². The van der Waals surface area contributed by atoms with Gasteiger partial charge in [-0.25, -0.2) is 9.78 Å². The molecule has 2 heterocycles. The van der Waals surface area contributed by atoms with Gasteiger partial charge in [-0.2, -0.15) is 5.10 Å². The van der Waals surface area contributed by atoms with E-state index < -0.39 is 5.60 Å². The molecule has 0 aromatic carbocycles. The molecule has 1 saturated heterocycles. The first kappa shape index (κ1) is 22.0. The van der Waals surface area contributed by atoms with E-state index in [0.29, 0.717) is 12.5 Å². The lowest BCUT2D eigenvalue weighted by molar-refractivity contribution is 0.0162. The van der Waals surface area contributed by atoms with Crippen LogP contribution in [0.15, 0.2) is 11.3 Å². The van der Waals surface area contributed by atoms with Crippen LogP contribution >= 0.6 is 0 Å². The average Bonchev–Trinajstić information content (AvgIpc) is 3.02. The maximum atomic E-state index is 12.3. The lowest BCUT2D eigenvalue weighted by atomic mass is 9.95. The van der Waals surface area contributed by atoms with Crippen LogP contribution in [0.25, 0.3) is 0 Å². The van der Waals surface area contributed by atoms with Crippen molar-refractivity contribution in [3.05, 3.63) is 12.2 Å². The molecule has 2 rings (SSSR count). The Balaban J connectivity index is 1.78. The molecule has 1 aliphatic heterocycles. The van der Waals surface area contributed by atoms with Crippen molar-refractivity contribution in [3.63, 3.8) is 0 Å². The quantitative estimate of drug-likeness (QED) is 0.607. The molecule has 0 saturated carbocycles. The average molecular weight is 394 g/mol. The van der Waals surface area contributed by atoms with Gasteiger partial charge in [0, 0.05) is 40.8 Å². The predicted molar refractivity (Wildman–Crippen MR) is 109 cm³/mol. The SMILES string of the molecule is CN=C(NCCC1CCCN(C(=O)OC(C)(C)C)C1)N(C)Cc1ncnn1C. The topological polar surface area (TPSA) is 87.9 Å². The highest BCUT2D eigenvalue weighted by molar-refractivity contribution is 5.79. The van der Waals surface area contributed by atoms with E-state index in [-0.39, 0.29) is 6.09 Å². The summed E-state index contributed by atoms with van der Waals surface area (Å²) in [5.74, 6) is 2.17. The Morgan fingerprint density at radius 3 is 2.82 bits per heavy atom. The number of aliphatic imine (C=N–C) groups is 1. The Hall–Kier alpha value is -2.32. The highest BCUT2D eigenvalue weighted by atomic mass is 16.6. The van der Waals surface area contributed by atoms with Crippen LogP contribution in [0.2, 0.25) is 0 Å². The first-order chi connectivity index (χ1) is 13.2. The summed E-state index contributed by atoms with van der Waals surface area (Å²) >= 11 is 0. The Morgan fingerprint density at radius 2 is 2.21 bits per heavy atom. The van der Waals surface area contributed by atoms with Crippen LogP contribution in [-0.4, -0.2) is 75.9 Å². The van der Waals surface area contributed by atoms with Gasteiger partial charge in [0.15, 0.2) is 5.96 Å². The lowest BCUT2D eigenvalue weighted by Gasteiger charge is -2.34. The zero-order chi connectivity index (χ0) is 20.7. The van der Waals surface area contributed by atoms with Crippen LogP contribution in [0.5, 0.6) is 0 Å². The summed E-state index contributed by atoms with van der Waals surface area (Å²) in [7, 11) is 5.64. The summed E-state index contributed by atoms with van der Waals surface area (Å²) in [6.07, 6.45) is 4.48. The van der Waals surface area contributed by atoms with Gasteiger partial charge >= 0.3 is 6.09 Å². The Labute approximate surface area is 168 Å². The Morgan fingerprint density at radius 1 is 1.46 bits per heavy atom. The fourth-order valence-corrected chi connectivity index (χ4v) is 3.32. The number of amides is 1. The monoisotopic (exact) mass is 393 g/mol. The number of aromatic nitrogens is 3. The molecule has 28 heavy (non-hydrogen) atoms. The summed E-state index contributed by atoms with van der Waals surface area (Å²) in [4.78, 5) is 24.8. The number of hydrogen-bond donors (Lipinski definition) is 1. The molecule has 9 nitrogen and oxygen atoms in total. The molecule has 1 aromatic heterocycles. The molecule has 1 aliphatic rings. The second-order valence-corrected chi connectivity index (χ2v) is 8.35. The zero-order valence-electron chi connectivity index (χ0n) is 18.1. The van der Waals surface area contributed by atoms with E-state index in [1.807, 2.05) is 44.7 Å². The van der Waals surface area contributed by atoms with Crippen LogP contribution in [0, 0.1) is 5.92 Å². The third kappa shape index (κ3) is 6.69. The number of nitrogens with zero attached hydrogens (tertiary/aromatic N) is 6. The van der Waals surface area contributed by atoms with E-state index in [1.54, 1.807) is 18.1 Å². The van der Waals surface area contributed by atoms with Crippen molar-refractivity contribution in [2.75, 3.05) is 33.7 Å². The van der Waals surface area contributed by atoms with Crippen molar-refractivity contribution >= 4 is 12.1 Å².